The van der Waals surface area contributed by atoms with Gasteiger partial charge < -0.3 is 34.1 Å². The van der Waals surface area contributed by atoms with Crippen LogP contribution in [0.4, 0.5) is 0 Å². The number of aliphatic hydroxyl groups is 1. The second kappa shape index (κ2) is 20.3. The fourth-order valence-corrected chi connectivity index (χ4v) is 5.99. The van der Waals surface area contributed by atoms with E-state index in [1.807, 2.05) is 30.3 Å². The Bertz CT molecular complexity index is 973. The largest absolute Gasteiger partial charge is 0.462 e. The number of benzene rings is 1. The molecule has 2 aliphatic heterocycles. The summed E-state index contributed by atoms with van der Waals surface area (Å²) in [6, 6.07) is 8.77. The van der Waals surface area contributed by atoms with Crippen molar-refractivity contribution >= 4 is 11.9 Å². The first kappa shape index (κ1) is 37.4. The van der Waals surface area contributed by atoms with Gasteiger partial charge in [0.15, 0.2) is 12.1 Å². The highest BCUT2D eigenvalue weighted by Gasteiger charge is 2.51. The number of hydrogen-bond acceptors (Lipinski definition) is 8. The van der Waals surface area contributed by atoms with Gasteiger partial charge in [0.05, 0.1) is 19.6 Å². The summed E-state index contributed by atoms with van der Waals surface area (Å²) < 4.78 is 30.0. The SMILES string of the molecule is CCCCCCCCCCC[C@H](CC(=O)N[C@H]1[C@H](OCc2ccccc2)O[C@@H]2COC(C)(C)O[C@H]2[C@@H]1O)OC(=O)CCCCC. The van der Waals surface area contributed by atoms with Crippen molar-refractivity contribution in [2.45, 2.75) is 173 Å². The topological polar surface area (TPSA) is 113 Å². The summed E-state index contributed by atoms with van der Waals surface area (Å²) in [5, 5.41) is 14.4. The van der Waals surface area contributed by atoms with E-state index >= 15 is 0 Å². The van der Waals surface area contributed by atoms with Gasteiger partial charge in [-0.3, -0.25) is 9.59 Å². The number of carbonyl (C=O) groups is 2. The van der Waals surface area contributed by atoms with Crippen LogP contribution in [0.2, 0.25) is 0 Å². The molecule has 256 valence electrons. The van der Waals surface area contributed by atoms with Crippen LogP contribution in [0.1, 0.15) is 130 Å². The number of ether oxygens (including phenoxy) is 5. The summed E-state index contributed by atoms with van der Waals surface area (Å²) >= 11 is 0. The van der Waals surface area contributed by atoms with Gasteiger partial charge in [0.1, 0.15) is 30.5 Å². The first-order chi connectivity index (χ1) is 21.7. The van der Waals surface area contributed by atoms with E-state index in [-0.39, 0.29) is 31.5 Å². The molecule has 9 nitrogen and oxygen atoms in total. The Hall–Kier alpha value is -2.04. The normalized spacial score (nSPS) is 24.9. The molecule has 45 heavy (non-hydrogen) atoms. The molecule has 1 amide bonds. The summed E-state index contributed by atoms with van der Waals surface area (Å²) in [6.45, 7) is 8.37. The van der Waals surface area contributed by atoms with Crippen LogP contribution in [-0.2, 0) is 39.9 Å². The van der Waals surface area contributed by atoms with Crippen molar-refractivity contribution in [3.05, 3.63) is 35.9 Å². The molecule has 2 aliphatic rings. The van der Waals surface area contributed by atoms with Crippen molar-refractivity contribution in [1.82, 2.24) is 5.32 Å². The maximum Gasteiger partial charge on any atom is 0.306 e. The van der Waals surface area contributed by atoms with Crippen LogP contribution >= 0.6 is 0 Å². The minimum Gasteiger partial charge on any atom is -0.462 e. The summed E-state index contributed by atoms with van der Waals surface area (Å²) in [6.07, 6.45) is 10.6. The quantitative estimate of drug-likeness (QED) is 0.113. The highest BCUT2D eigenvalue weighted by molar-refractivity contribution is 5.77. The van der Waals surface area contributed by atoms with E-state index in [9.17, 15) is 14.7 Å². The molecule has 1 aromatic carbocycles. The molecule has 2 fully saturated rings. The lowest BCUT2D eigenvalue weighted by atomic mass is 9.95. The van der Waals surface area contributed by atoms with E-state index < -0.39 is 42.5 Å². The van der Waals surface area contributed by atoms with Gasteiger partial charge in [-0.1, -0.05) is 108 Å². The van der Waals surface area contributed by atoms with Gasteiger partial charge in [0, 0.05) is 6.42 Å². The van der Waals surface area contributed by atoms with Gasteiger partial charge in [-0.25, -0.2) is 0 Å². The molecule has 0 radical (unpaired) electrons. The Morgan fingerprint density at radius 2 is 1.60 bits per heavy atom. The Labute approximate surface area is 271 Å². The van der Waals surface area contributed by atoms with E-state index in [4.69, 9.17) is 23.7 Å². The van der Waals surface area contributed by atoms with Crippen molar-refractivity contribution in [2.24, 2.45) is 0 Å². The van der Waals surface area contributed by atoms with Crippen LogP contribution in [0.25, 0.3) is 0 Å². The average molecular weight is 634 g/mol. The molecule has 0 saturated carbocycles. The number of esters is 1. The minimum atomic E-state index is -1.09. The van der Waals surface area contributed by atoms with Crippen LogP contribution < -0.4 is 5.32 Å². The van der Waals surface area contributed by atoms with Crippen LogP contribution in [0.15, 0.2) is 30.3 Å². The van der Waals surface area contributed by atoms with E-state index in [1.54, 1.807) is 13.8 Å². The summed E-state index contributed by atoms with van der Waals surface area (Å²) in [5.74, 6) is -1.49. The molecular formula is C36H59NO8. The maximum atomic E-state index is 13.5. The fourth-order valence-electron chi connectivity index (χ4n) is 5.99. The molecule has 0 aliphatic carbocycles. The van der Waals surface area contributed by atoms with E-state index in [0.29, 0.717) is 12.8 Å². The molecule has 9 heteroatoms. The third kappa shape index (κ3) is 13.7. The first-order valence-electron chi connectivity index (χ1n) is 17.5. The third-order valence-corrected chi connectivity index (χ3v) is 8.60. The van der Waals surface area contributed by atoms with Crippen LogP contribution in [-0.4, -0.2) is 66.1 Å². The van der Waals surface area contributed by atoms with E-state index in [2.05, 4.69) is 19.2 Å². The highest BCUT2D eigenvalue weighted by Crippen LogP contribution is 2.33. The second-order valence-electron chi connectivity index (χ2n) is 13.1. The number of unbranched alkanes of at least 4 members (excludes halogenated alkanes) is 10. The number of aliphatic hydroxyl groups excluding tert-OH is 1. The first-order valence-corrected chi connectivity index (χ1v) is 17.5. The predicted octanol–water partition coefficient (Wildman–Crippen LogP) is 6.73. The van der Waals surface area contributed by atoms with Gasteiger partial charge in [-0.05, 0) is 38.7 Å². The Morgan fingerprint density at radius 1 is 0.956 bits per heavy atom. The smallest absolute Gasteiger partial charge is 0.306 e. The van der Waals surface area contributed by atoms with Gasteiger partial charge in [0.2, 0.25) is 5.91 Å². The van der Waals surface area contributed by atoms with Crippen LogP contribution in [0.5, 0.6) is 0 Å². The summed E-state index contributed by atoms with van der Waals surface area (Å²) in [7, 11) is 0. The van der Waals surface area contributed by atoms with Gasteiger partial charge in [-0.2, -0.15) is 0 Å². The second-order valence-corrected chi connectivity index (χ2v) is 13.1. The number of nitrogens with one attached hydrogen (secondary N) is 1. The van der Waals surface area contributed by atoms with Crippen LogP contribution in [0.3, 0.4) is 0 Å². The van der Waals surface area contributed by atoms with Crippen molar-refractivity contribution in [3.63, 3.8) is 0 Å². The van der Waals surface area contributed by atoms with Crippen molar-refractivity contribution in [3.8, 4) is 0 Å². The molecule has 2 N–H and O–H groups in total. The third-order valence-electron chi connectivity index (χ3n) is 8.60. The van der Waals surface area contributed by atoms with Crippen molar-refractivity contribution < 1.29 is 38.4 Å². The molecule has 2 heterocycles. The fraction of sp³-hybridized carbons (Fsp3) is 0.778. The molecule has 2 saturated heterocycles. The zero-order chi connectivity index (χ0) is 32.5. The van der Waals surface area contributed by atoms with Crippen LogP contribution in [0, 0.1) is 0 Å². The van der Waals surface area contributed by atoms with Crippen molar-refractivity contribution in [1.29, 1.82) is 0 Å². The highest BCUT2D eigenvalue weighted by atomic mass is 16.8. The maximum absolute atomic E-state index is 13.5. The number of fused-ring (bicyclic) bond motifs is 1. The standard InChI is InChI=1S/C36H59NO8/c1-5-7-9-10-11-12-13-14-19-22-28(43-31(39)23-16-8-6-2)24-30(38)37-32-33(40)34-29(26-42-36(3,4)45-34)44-35(32)41-25-27-20-17-15-18-21-27/h15,17-18,20-21,28-29,32-35,40H,5-14,16,19,22-26H2,1-4H3,(H,37,38)/t28-,29-,32-,33-,34-,35-/m1/s1. The number of rotatable bonds is 21. The Balaban J connectivity index is 1.60. The molecule has 0 bridgehead atoms. The summed E-state index contributed by atoms with van der Waals surface area (Å²) in [5.41, 5.74) is 0.941. The lowest BCUT2D eigenvalue weighted by Gasteiger charge is -2.49. The van der Waals surface area contributed by atoms with Gasteiger partial charge in [0.25, 0.3) is 0 Å². The Morgan fingerprint density at radius 3 is 2.29 bits per heavy atom. The predicted molar refractivity (Wildman–Crippen MR) is 173 cm³/mol. The van der Waals surface area contributed by atoms with Gasteiger partial charge >= 0.3 is 5.97 Å². The van der Waals surface area contributed by atoms with E-state index in [1.165, 1.54) is 38.5 Å². The van der Waals surface area contributed by atoms with Crippen molar-refractivity contribution in [2.75, 3.05) is 6.61 Å². The molecular weight excluding hydrogens is 574 g/mol. The minimum absolute atomic E-state index is 0.00865. The average Bonchev–Trinajstić information content (AvgIpc) is 3.01. The Kier molecular flexibility index (Phi) is 16.8. The zero-order valence-electron chi connectivity index (χ0n) is 28.2. The molecule has 0 aromatic heterocycles. The molecule has 0 spiro atoms. The molecule has 6 atom stereocenters. The number of hydrogen-bond donors (Lipinski definition) is 2. The zero-order valence-corrected chi connectivity index (χ0v) is 28.2. The molecule has 0 unspecified atom stereocenters. The lowest BCUT2D eigenvalue weighted by molar-refractivity contribution is -0.369. The number of amides is 1. The lowest BCUT2D eigenvalue weighted by Crippen LogP contribution is -2.68. The summed E-state index contributed by atoms with van der Waals surface area (Å²) in [4.78, 5) is 26.1. The monoisotopic (exact) mass is 633 g/mol. The molecule has 3 rings (SSSR count). The number of carbonyl (C=O) groups excluding carboxylic acids is 2. The van der Waals surface area contributed by atoms with Gasteiger partial charge in [-0.15, -0.1) is 0 Å². The van der Waals surface area contributed by atoms with E-state index in [0.717, 1.165) is 44.1 Å². The molecule has 1 aromatic rings.